The van der Waals surface area contributed by atoms with Crippen molar-refractivity contribution in [1.82, 2.24) is 9.62 Å². The standard InChI is InChI=1S/C17H24N2O3S2/c1-4-9-18-24(21,22)14-5-6-16(23-3)15(12-14)17(20)19-10-7-13(2)8-11-19/h4-6,12-13,18H,1,7-11H2,2-3H3. The number of carbonyl (C=O) groups is 1. The lowest BCUT2D eigenvalue weighted by atomic mass is 9.98. The Balaban J connectivity index is 2.32. The predicted molar refractivity (Wildman–Crippen MR) is 97.9 cm³/mol. The topological polar surface area (TPSA) is 66.5 Å². The highest BCUT2D eigenvalue weighted by atomic mass is 32.2. The van der Waals surface area contributed by atoms with Crippen LogP contribution in [0.4, 0.5) is 0 Å². The number of hydrogen-bond acceptors (Lipinski definition) is 4. The Hall–Kier alpha value is -1.31. The summed E-state index contributed by atoms with van der Waals surface area (Å²) in [6.07, 6.45) is 5.34. The van der Waals surface area contributed by atoms with Crippen molar-refractivity contribution < 1.29 is 13.2 Å². The smallest absolute Gasteiger partial charge is 0.255 e. The molecule has 5 nitrogen and oxygen atoms in total. The van der Waals surface area contributed by atoms with Gasteiger partial charge in [0.05, 0.1) is 10.5 Å². The molecule has 132 valence electrons. The van der Waals surface area contributed by atoms with E-state index in [1.165, 1.54) is 30.0 Å². The third kappa shape index (κ3) is 4.40. The fraction of sp³-hybridized carbons (Fsp3) is 0.471. The minimum Gasteiger partial charge on any atom is -0.339 e. The van der Waals surface area contributed by atoms with Gasteiger partial charge in [0.15, 0.2) is 0 Å². The third-order valence-electron chi connectivity index (χ3n) is 4.20. The molecule has 1 aromatic carbocycles. The number of hydrogen-bond donors (Lipinski definition) is 1. The number of benzene rings is 1. The van der Waals surface area contributed by atoms with Gasteiger partial charge in [0.2, 0.25) is 10.0 Å². The second-order valence-electron chi connectivity index (χ2n) is 5.98. The van der Waals surface area contributed by atoms with E-state index in [9.17, 15) is 13.2 Å². The molecule has 7 heteroatoms. The molecular formula is C17H24N2O3S2. The number of nitrogens with one attached hydrogen (secondary N) is 1. The fourth-order valence-electron chi connectivity index (χ4n) is 2.66. The SMILES string of the molecule is C=CCNS(=O)(=O)c1ccc(SC)c(C(=O)N2CCC(C)CC2)c1. The number of nitrogens with zero attached hydrogens (tertiary/aromatic N) is 1. The van der Waals surface area contributed by atoms with Crippen LogP contribution in [0.1, 0.15) is 30.1 Å². The lowest BCUT2D eigenvalue weighted by molar-refractivity contribution is 0.0693. The highest BCUT2D eigenvalue weighted by molar-refractivity contribution is 7.98. The zero-order valence-electron chi connectivity index (χ0n) is 14.1. The van der Waals surface area contributed by atoms with Gasteiger partial charge < -0.3 is 4.90 Å². The minimum absolute atomic E-state index is 0.0907. The highest BCUT2D eigenvalue weighted by Crippen LogP contribution is 2.27. The van der Waals surface area contributed by atoms with Crippen molar-refractivity contribution in [2.45, 2.75) is 29.6 Å². The van der Waals surface area contributed by atoms with Gasteiger partial charge in [0.1, 0.15) is 0 Å². The van der Waals surface area contributed by atoms with Crippen LogP contribution in [0.25, 0.3) is 0 Å². The minimum atomic E-state index is -3.64. The summed E-state index contributed by atoms with van der Waals surface area (Å²) in [7, 11) is -3.64. The number of piperidine rings is 1. The molecular weight excluding hydrogens is 344 g/mol. The number of rotatable bonds is 6. The summed E-state index contributed by atoms with van der Waals surface area (Å²) in [4.78, 5) is 15.6. The normalized spacial score (nSPS) is 16.2. The van der Waals surface area contributed by atoms with Gasteiger partial charge in [-0.1, -0.05) is 13.0 Å². The molecule has 2 rings (SSSR count). The maximum absolute atomic E-state index is 12.9. The molecule has 1 saturated heterocycles. The van der Waals surface area contributed by atoms with Crippen molar-refractivity contribution in [3.8, 4) is 0 Å². The number of amides is 1. The molecule has 0 saturated carbocycles. The summed E-state index contributed by atoms with van der Waals surface area (Å²) in [5, 5.41) is 0. The molecule has 1 fully saturated rings. The van der Waals surface area contributed by atoms with Crippen molar-refractivity contribution in [3.05, 3.63) is 36.4 Å². The van der Waals surface area contributed by atoms with E-state index in [4.69, 9.17) is 0 Å². The summed E-state index contributed by atoms with van der Waals surface area (Å²) < 4.78 is 27.0. The summed E-state index contributed by atoms with van der Waals surface area (Å²) in [6.45, 7) is 7.29. The molecule has 0 radical (unpaired) electrons. The Morgan fingerprint density at radius 3 is 2.67 bits per heavy atom. The van der Waals surface area contributed by atoms with Gasteiger partial charge in [-0.15, -0.1) is 18.3 Å². The Morgan fingerprint density at radius 1 is 1.42 bits per heavy atom. The van der Waals surface area contributed by atoms with Crippen molar-refractivity contribution in [2.75, 3.05) is 25.9 Å². The van der Waals surface area contributed by atoms with E-state index in [-0.39, 0.29) is 17.3 Å². The first-order valence-electron chi connectivity index (χ1n) is 7.97. The van der Waals surface area contributed by atoms with Crippen LogP contribution >= 0.6 is 11.8 Å². The molecule has 0 bridgehead atoms. The summed E-state index contributed by atoms with van der Waals surface area (Å²) >= 11 is 1.45. The van der Waals surface area contributed by atoms with Crippen molar-refractivity contribution in [1.29, 1.82) is 0 Å². The first-order valence-corrected chi connectivity index (χ1v) is 10.7. The average Bonchev–Trinajstić information content (AvgIpc) is 2.59. The lowest BCUT2D eigenvalue weighted by Gasteiger charge is -2.30. The van der Waals surface area contributed by atoms with Crippen LogP contribution in [-0.4, -0.2) is 45.1 Å². The van der Waals surface area contributed by atoms with Gasteiger partial charge in [0.25, 0.3) is 5.91 Å². The van der Waals surface area contributed by atoms with Crippen molar-refractivity contribution in [2.24, 2.45) is 5.92 Å². The second-order valence-corrected chi connectivity index (χ2v) is 8.59. The van der Waals surface area contributed by atoms with E-state index in [1.807, 2.05) is 11.2 Å². The Kier molecular flexibility index (Phi) is 6.48. The van der Waals surface area contributed by atoms with Gasteiger partial charge >= 0.3 is 0 Å². The van der Waals surface area contributed by atoms with Gasteiger partial charge in [-0.3, -0.25) is 4.79 Å². The molecule has 1 amide bonds. The maximum Gasteiger partial charge on any atom is 0.255 e. The first kappa shape index (κ1) is 19.0. The molecule has 0 unspecified atom stereocenters. The molecule has 0 spiro atoms. The molecule has 0 atom stereocenters. The molecule has 0 aromatic heterocycles. The van der Waals surface area contributed by atoms with E-state index in [0.29, 0.717) is 11.5 Å². The summed E-state index contributed by atoms with van der Waals surface area (Å²) in [5.74, 6) is 0.538. The average molecular weight is 369 g/mol. The van der Waals surface area contributed by atoms with Gasteiger partial charge in [-0.25, -0.2) is 13.1 Å². The molecule has 1 heterocycles. The monoisotopic (exact) mass is 368 g/mol. The van der Waals surface area contributed by atoms with Crippen molar-refractivity contribution >= 4 is 27.7 Å². The van der Waals surface area contributed by atoms with Gasteiger partial charge in [0, 0.05) is 24.5 Å². The zero-order chi connectivity index (χ0) is 17.7. The quantitative estimate of drug-likeness (QED) is 0.619. The van der Waals surface area contributed by atoms with Gasteiger partial charge in [-0.2, -0.15) is 0 Å². The van der Waals surface area contributed by atoms with E-state index in [1.54, 1.807) is 6.07 Å². The number of sulfonamides is 1. The fourth-order valence-corrected chi connectivity index (χ4v) is 4.25. The highest BCUT2D eigenvalue weighted by Gasteiger charge is 2.25. The molecule has 1 aromatic rings. The van der Waals surface area contributed by atoms with Crippen LogP contribution in [0, 0.1) is 5.92 Å². The Labute approximate surface area is 148 Å². The summed E-state index contributed by atoms with van der Waals surface area (Å²) in [5.41, 5.74) is 0.457. The molecule has 1 aliphatic rings. The van der Waals surface area contributed by atoms with E-state index in [2.05, 4.69) is 18.2 Å². The molecule has 0 aliphatic carbocycles. The Bertz CT molecular complexity index is 709. The molecule has 1 N–H and O–H groups in total. The Morgan fingerprint density at radius 2 is 2.08 bits per heavy atom. The second kappa shape index (κ2) is 8.18. The zero-order valence-corrected chi connectivity index (χ0v) is 15.8. The van der Waals surface area contributed by atoms with Crippen LogP contribution in [0.3, 0.4) is 0 Å². The van der Waals surface area contributed by atoms with E-state index in [0.717, 1.165) is 30.8 Å². The third-order valence-corrected chi connectivity index (χ3v) is 6.42. The summed E-state index contributed by atoms with van der Waals surface area (Å²) in [6, 6.07) is 4.72. The number of likely N-dealkylation sites (tertiary alicyclic amines) is 1. The van der Waals surface area contributed by atoms with E-state index >= 15 is 0 Å². The number of carbonyl (C=O) groups excluding carboxylic acids is 1. The largest absolute Gasteiger partial charge is 0.339 e. The lowest BCUT2D eigenvalue weighted by Crippen LogP contribution is -2.38. The number of thioether (sulfide) groups is 1. The van der Waals surface area contributed by atoms with Crippen LogP contribution < -0.4 is 4.72 Å². The van der Waals surface area contributed by atoms with Crippen LogP contribution in [0.15, 0.2) is 40.6 Å². The first-order chi connectivity index (χ1) is 11.4. The van der Waals surface area contributed by atoms with Crippen LogP contribution in [0.5, 0.6) is 0 Å². The maximum atomic E-state index is 12.9. The van der Waals surface area contributed by atoms with Crippen LogP contribution in [-0.2, 0) is 10.0 Å². The molecule has 24 heavy (non-hydrogen) atoms. The van der Waals surface area contributed by atoms with Gasteiger partial charge in [-0.05, 0) is 43.2 Å². The van der Waals surface area contributed by atoms with Crippen molar-refractivity contribution in [3.63, 3.8) is 0 Å². The van der Waals surface area contributed by atoms with E-state index < -0.39 is 10.0 Å². The molecule has 1 aliphatic heterocycles. The predicted octanol–water partition coefficient (Wildman–Crippen LogP) is 2.74. The van der Waals surface area contributed by atoms with Crippen LogP contribution in [0.2, 0.25) is 0 Å².